The van der Waals surface area contributed by atoms with E-state index in [9.17, 15) is 9.59 Å². The average Bonchev–Trinajstić information content (AvgIpc) is 2.53. The monoisotopic (exact) mass is 294 g/mol. The van der Waals surface area contributed by atoms with Gasteiger partial charge in [0.15, 0.2) is 0 Å². The molecule has 1 aromatic carbocycles. The van der Waals surface area contributed by atoms with Crippen LogP contribution in [0.1, 0.15) is 13.3 Å². The first-order valence-electron chi connectivity index (χ1n) is 6.19. The molecule has 0 spiro atoms. The van der Waals surface area contributed by atoms with E-state index in [2.05, 4.69) is 9.98 Å². The van der Waals surface area contributed by atoms with Crippen LogP contribution in [0.2, 0.25) is 0 Å². The van der Waals surface area contributed by atoms with Gasteiger partial charge in [0.2, 0.25) is 12.2 Å². The Morgan fingerprint density at radius 2 is 1.24 bits per heavy atom. The van der Waals surface area contributed by atoms with Crippen LogP contribution in [-0.4, -0.2) is 47.3 Å². The molecule has 0 saturated heterocycles. The molecule has 0 aliphatic heterocycles. The van der Waals surface area contributed by atoms with Crippen LogP contribution in [0.15, 0.2) is 34.3 Å². The van der Waals surface area contributed by atoms with E-state index in [-0.39, 0.29) is 19.8 Å². The number of aliphatic hydroxyl groups excluding tert-OH is 3. The lowest BCUT2D eigenvalue weighted by Gasteiger charge is -2.24. The van der Waals surface area contributed by atoms with Gasteiger partial charge in [-0.3, -0.25) is 0 Å². The number of nitrogens with zero attached hydrogens (tertiary/aromatic N) is 2. The van der Waals surface area contributed by atoms with Crippen LogP contribution in [0.5, 0.6) is 0 Å². The summed E-state index contributed by atoms with van der Waals surface area (Å²) >= 11 is 0. The van der Waals surface area contributed by atoms with Gasteiger partial charge in [-0.15, -0.1) is 0 Å². The molecule has 0 bridgehead atoms. The van der Waals surface area contributed by atoms with Crippen molar-refractivity contribution in [2.45, 2.75) is 13.3 Å². The number of isocyanates is 2. The van der Waals surface area contributed by atoms with Crippen molar-refractivity contribution >= 4 is 23.5 Å². The largest absolute Gasteiger partial charge is 0.396 e. The van der Waals surface area contributed by atoms with E-state index in [1.54, 1.807) is 24.3 Å². The Morgan fingerprint density at radius 1 is 0.905 bits per heavy atom. The van der Waals surface area contributed by atoms with Gasteiger partial charge in [-0.1, -0.05) is 6.92 Å². The minimum atomic E-state index is -0.667. The van der Waals surface area contributed by atoms with Gasteiger partial charge in [0.05, 0.1) is 31.2 Å². The highest BCUT2D eigenvalue weighted by Crippen LogP contribution is 2.18. The maximum atomic E-state index is 9.81. The predicted octanol–water partition coefficient (Wildman–Crippen LogP) is 0.981. The molecular weight excluding hydrogens is 276 g/mol. The highest BCUT2D eigenvalue weighted by Gasteiger charge is 2.24. The molecule has 7 nitrogen and oxygen atoms in total. The summed E-state index contributed by atoms with van der Waals surface area (Å²) in [5, 5.41) is 26.0. The number of aliphatic imine (C=N–C) groups is 2. The van der Waals surface area contributed by atoms with Crippen LogP contribution < -0.4 is 0 Å². The second-order valence-electron chi connectivity index (χ2n) is 4.25. The zero-order valence-corrected chi connectivity index (χ0v) is 11.7. The molecule has 1 rings (SSSR count). The molecular formula is C14H18N2O5. The molecule has 0 aliphatic carbocycles. The molecule has 7 heteroatoms. The third-order valence-corrected chi connectivity index (χ3v) is 2.96. The van der Waals surface area contributed by atoms with Crippen LogP contribution in [0.3, 0.4) is 0 Å². The molecule has 0 heterocycles. The standard InChI is InChI=1S/C8H4N2O2.C6H14O3/c11-5-9-7-1-2-8(4-3-7)10-6-12;1-2-6(3-7,4-8)5-9/h1-4H;7-9H,2-5H2,1H3. The topological polar surface area (TPSA) is 120 Å². The van der Waals surface area contributed by atoms with Crippen LogP contribution >= 0.6 is 0 Å². The second-order valence-corrected chi connectivity index (χ2v) is 4.25. The second kappa shape index (κ2) is 10.6. The van der Waals surface area contributed by atoms with Crippen LogP contribution in [-0.2, 0) is 9.59 Å². The lowest BCUT2D eigenvalue weighted by molar-refractivity contribution is 0.00304. The molecule has 21 heavy (non-hydrogen) atoms. The summed E-state index contributed by atoms with van der Waals surface area (Å²) in [5.41, 5.74) is 0.296. The summed E-state index contributed by atoms with van der Waals surface area (Å²) in [5.74, 6) is 0. The van der Waals surface area contributed by atoms with Crippen LogP contribution in [0.4, 0.5) is 11.4 Å². The normalized spacial score (nSPS) is 9.71. The van der Waals surface area contributed by atoms with E-state index >= 15 is 0 Å². The molecule has 0 saturated carbocycles. The van der Waals surface area contributed by atoms with Crippen molar-refractivity contribution in [2.24, 2.45) is 15.4 Å². The van der Waals surface area contributed by atoms with Crippen molar-refractivity contribution in [2.75, 3.05) is 19.8 Å². The molecule has 114 valence electrons. The number of benzene rings is 1. The highest BCUT2D eigenvalue weighted by atomic mass is 16.3. The van der Waals surface area contributed by atoms with Crippen LogP contribution in [0, 0.1) is 5.41 Å². The Balaban J connectivity index is 0.000000400. The van der Waals surface area contributed by atoms with Crippen molar-refractivity contribution in [3.05, 3.63) is 24.3 Å². The highest BCUT2D eigenvalue weighted by molar-refractivity contribution is 5.55. The number of aliphatic hydroxyl groups is 3. The van der Waals surface area contributed by atoms with Gasteiger partial charge in [-0.25, -0.2) is 9.59 Å². The maximum Gasteiger partial charge on any atom is 0.240 e. The van der Waals surface area contributed by atoms with E-state index in [0.717, 1.165) is 0 Å². The fraction of sp³-hybridized carbons (Fsp3) is 0.429. The molecule has 0 fully saturated rings. The molecule has 0 atom stereocenters. The predicted molar refractivity (Wildman–Crippen MR) is 76.0 cm³/mol. The Hall–Kier alpha value is -2.14. The Morgan fingerprint density at radius 3 is 1.38 bits per heavy atom. The first-order chi connectivity index (χ1) is 10.1. The summed E-state index contributed by atoms with van der Waals surface area (Å²) in [6, 6.07) is 6.23. The third kappa shape index (κ3) is 6.72. The summed E-state index contributed by atoms with van der Waals surface area (Å²) in [4.78, 5) is 26.3. The van der Waals surface area contributed by atoms with Crippen molar-refractivity contribution in [3.63, 3.8) is 0 Å². The minimum absolute atomic E-state index is 0.156. The molecule has 1 aromatic rings. The molecule has 0 aromatic heterocycles. The van der Waals surface area contributed by atoms with Crippen LogP contribution in [0.25, 0.3) is 0 Å². The van der Waals surface area contributed by atoms with E-state index in [1.807, 2.05) is 6.92 Å². The number of carbonyl (C=O) groups excluding carboxylic acids is 2. The lowest BCUT2D eigenvalue weighted by Crippen LogP contribution is -2.32. The zero-order chi connectivity index (χ0) is 16.1. The van der Waals surface area contributed by atoms with E-state index in [4.69, 9.17) is 15.3 Å². The van der Waals surface area contributed by atoms with Gasteiger partial charge in [0, 0.05) is 5.41 Å². The summed E-state index contributed by atoms with van der Waals surface area (Å²) in [7, 11) is 0. The number of hydrogen-bond donors (Lipinski definition) is 3. The smallest absolute Gasteiger partial charge is 0.240 e. The molecule has 0 radical (unpaired) electrons. The summed E-state index contributed by atoms with van der Waals surface area (Å²) in [6.45, 7) is 1.35. The van der Waals surface area contributed by atoms with E-state index in [1.165, 1.54) is 12.2 Å². The number of hydrogen-bond acceptors (Lipinski definition) is 7. The van der Waals surface area contributed by atoms with Gasteiger partial charge in [-0.2, -0.15) is 9.98 Å². The molecule has 0 amide bonds. The fourth-order valence-corrected chi connectivity index (χ4v) is 1.19. The summed E-state index contributed by atoms with van der Waals surface area (Å²) < 4.78 is 0. The van der Waals surface area contributed by atoms with Gasteiger partial charge in [0.1, 0.15) is 0 Å². The molecule has 0 aliphatic rings. The minimum Gasteiger partial charge on any atom is -0.396 e. The number of rotatable bonds is 6. The molecule has 0 unspecified atom stereocenters. The van der Waals surface area contributed by atoms with Crippen molar-refractivity contribution in [3.8, 4) is 0 Å². The Bertz CT molecular complexity index is 444. The lowest BCUT2D eigenvalue weighted by atomic mass is 9.88. The van der Waals surface area contributed by atoms with Gasteiger partial charge in [-0.05, 0) is 30.7 Å². The fourth-order valence-electron chi connectivity index (χ4n) is 1.19. The first-order valence-corrected chi connectivity index (χ1v) is 6.19. The summed E-state index contributed by atoms with van der Waals surface area (Å²) in [6.07, 6.45) is 3.40. The SMILES string of the molecule is CCC(CO)(CO)CO.O=C=Nc1ccc(N=C=O)cc1. The van der Waals surface area contributed by atoms with Crippen molar-refractivity contribution in [1.29, 1.82) is 0 Å². The quantitative estimate of drug-likeness (QED) is 0.533. The van der Waals surface area contributed by atoms with Crippen molar-refractivity contribution in [1.82, 2.24) is 0 Å². The van der Waals surface area contributed by atoms with Crippen molar-refractivity contribution < 1.29 is 24.9 Å². The van der Waals surface area contributed by atoms with E-state index in [0.29, 0.717) is 17.8 Å². The first kappa shape index (κ1) is 18.9. The van der Waals surface area contributed by atoms with E-state index < -0.39 is 5.41 Å². The Labute approximate surface area is 122 Å². The zero-order valence-electron chi connectivity index (χ0n) is 11.7. The molecule has 3 N–H and O–H groups in total. The average molecular weight is 294 g/mol. The van der Waals surface area contributed by atoms with Gasteiger partial charge < -0.3 is 15.3 Å². The third-order valence-electron chi connectivity index (χ3n) is 2.96. The van der Waals surface area contributed by atoms with Gasteiger partial charge >= 0.3 is 0 Å². The maximum absolute atomic E-state index is 9.81. The van der Waals surface area contributed by atoms with Gasteiger partial charge in [0.25, 0.3) is 0 Å². The Kier molecular flexibility index (Phi) is 9.54.